The second-order valence-corrected chi connectivity index (χ2v) is 7.76. The molecule has 28 heavy (non-hydrogen) atoms. The normalized spacial score (nSPS) is 12.7. The zero-order valence-corrected chi connectivity index (χ0v) is 16.3. The minimum absolute atomic E-state index is 0.133. The highest BCUT2D eigenvalue weighted by Gasteiger charge is 2.14. The summed E-state index contributed by atoms with van der Waals surface area (Å²) >= 11 is 0. The van der Waals surface area contributed by atoms with Crippen LogP contribution < -0.4 is 20.1 Å². The van der Waals surface area contributed by atoms with Crippen LogP contribution in [-0.4, -0.2) is 16.8 Å². The number of fused-ring (bicyclic) bond motifs is 1. The van der Waals surface area contributed by atoms with Crippen LogP contribution in [-0.2, 0) is 12.0 Å². The zero-order chi connectivity index (χ0) is 19.6. The van der Waals surface area contributed by atoms with Crippen LogP contribution in [0.5, 0.6) is 11.5 Å². The van der Waals surface area contributed by atoms with Gasteiger partial charge in [0, 0.05) is 18.4 Å². The largest absolute Gasteiger partial charge is 0.454 e. The number of anilines is 3. The molecule has 1 aliphatic rings. The van der Waals surface area contributed by atoms with Gasteiger partial charge in [0.15, 0.2) is 11.5 Å². The van der Waals surface area contributed by atoms with Gasteiger partial charge < -0.3 is 20.1 Å². The molecule has 0 saturated heterocycles. The van der Waals surface area contributed by atoms with E-state index in [1.165, 1.54) is 5.56 Å². The molecule has 144 valence electrons. The molecule has 0 bridgehead atoms. The topological polar surface area (TPSA) is 68.3 Å². The van der Waals surface area contributed by atoms with Gasteiger partial charge in [0.1, 0.15) is 5.82 Å². The van der Waals surface area contributed by atoms with Gasteiger partial charge in [0.05, 0.1) is 0 Å². The molecule has 0 fully saturated rings. The van der Waals surface area contributed by atoms with Crippen molar-refractivity contribution in [3.8, 4) is 11.5 Å². The van der Waals surface area contributed by atoms with Crippen molar-refractivity contribution in [2.45, 2.75) is 32.7 Å². The van der Waals surface area contributed by atoms with Gasteiger partial charge in [-0.2, -0.15) is 4.98 Å². The van der Waals surface area contributed by atoms with Crippen molar-refractivity contribution in [3.63, 3.8) is 0 Å². The van der Waals surface area contributed by atoms with E-state index in [0.29, 0.717) is 12.5 Å². The van der Waals surface area contributed by atoms with E-state index in [1.54, 1.807) is 6.20 Å². The number of aromatic nitrogens is 2. The Morgan fingerprint density at radius 1 is 0.964 bits per heavy atom. The molecular formula is C22H24N4O2. The van der Waals surface area contributed by atoms with Crippen molar-refractivity contribution in [2.75, 3.05) is 17.4 Å². The first-order chi connectivity index (χ1) is 13.5. The van der Waals surface area contributed by atoms with Crippen LogP contribution in [0.25, 0.3) is 0 Å². The Hall–Kier alpha value is -3.28. The fourth-order valence-electron chi connectivity index (χ4n) is 2.94. The second-order valence-electron chi connectivity index (χ2n) is 7.76. The quantitative estimate of drug-likeness (QED) is 0.663. The summed E-state index contributed by atoms with van der Waals surface area (Å²) in [7, 11) is 0. The lowest BCUT2D eigenvalue weighted by Crippen LogP contribution is -2.10. The zero-order valence-electron chi connectivity index (χ0n) is 16.3. The van der Waals surface area contributed by atoms with Gasteiger partial charge in [0.2, 0.25) is 12.7 Å². The van der Waals surface area contributed by atoms with Gasteiger partial charge in [-0.25, -0.2) is 4.98 Å². The summed E-state index contributed by atoms with van der Waals surface area (Å²) in [4.78, 5) is 8.85. The number of rotatable bonds is 5. The highest BCUT2D eigenvalue weighted by atomic mass is 16.7. The van der Waals surface area contributed by atoms with E-state index >= 15 is 0 Å². The minimum Gasteiger partial charge on any atom is -0.454 e. The Labute approximate surface area is 164 Å². The first-order valence-corrected chi connectivity index (χ1v) is 9.30. The molecule has 2 aromatic carbocycles. The Kier molecular flexibility index (Phi) is 4.77. The molecular weight excluding hydrogens is 352 g/mol. The number of nitrogens with one attached hydrogen (secondary N) is 2. The maximum absolute atomic E-state index is 5.42. The van der Waals surface area contributed by atoms with Gasteiger partial charge in [-0.05, 0) is 46.9 Å². The molecule has 3 aromatic rings. The van der Waals surface area contributed by atoms with Crippen LogP contribution in [0.2, 0.25) is 0 Å². The van der Waals surface area contributed by atoms with Gasteiger partial charge in [0.25, 0.3) is 0 Å². The first-order valence-electron chi connectivity index (χ1n) is 9.30. The molecule has 0 radical (unpaired) electrons. The monoisotopic (exact) mass is 376 g/mol. The summed E-state index contributed by atoms with van der Waals surface area (Å²) in [5.74, 6) is 2.87. The van der Waals surface area contributed by atoms with Crippen LogP contribution in [0.1, 0.15) is 31.9 Å². The number of ether oxygens (including phenoxy) is 2. The highest BCUT2D eigenvalue weighted by molar-refractivity contribution is 5.55. The third-order valence-electron chi connectivity index (χ3n) is 4.57. The molecule has 1 aromatic heterocycles. The SMILES string of the molecule is CC(C)(C)c1ccc(Nc2nccc(NCc3ccc4c(c3)OCO4)n2)cc1. The van der Waals surface area contributed by atoms with E-state index in [-0.39, 0.29) is 12.2 Å². The Morgan fingerprint density at radius 3 is 2.54 bits per heavy atom. The molecule has 0 saturated carbocycles. The van der Waals surface area contributed by atoms with Gasteiger partial charge in [-0.15, -0.1) is 0 Å². The molecule has 6 nitrogen and oxygen atoms in total. The van der Waals surface area contributed by atoms with E-state index in [4.69, 9.17) is 9.47 Å². The highest BCUT2D eigenvalue weighted by Crippen LogP contribution is 2.32. The van der Waals surface area contributed by atoms with Crippen LogP contribution in [0.4, 0.5) is 17.5 Å². The first kappa shape index (κ1) is 18.1. The van der Waals surface area contributed by atoms with Gasteiger partial charge in [-0.3, -0.25) is 0 Å². The number of hydrogen-bond acceptors (Lipinski definition) is 6. The lowest BCUT2D eigenvalue weighted by atomic mass is 9.87. The maximum atomic E-state index is 5.42. The second kappa shape index (κ2) is 7.38. The van der Waals surface area contributed by atoms with Crippen LogP contribution >= 0.6 is 0 Å². The van der Waals surface area contributed by atoms with E-state index in [9.17, 15) is 0 Å². The predicted molar refractivity (Wildman–Crippen MR) is 110 cm³/mol. The molecule has 6 heteroatoms. The van der Waals surface area contributed by atoms with Crippen molar-refractivity contribution in [1.82, 2.24) is 9.97 Å². The average Bonchev–Trinajstić information content (AvgIpc) is 3.14. The van der Waals surface area contributed by atoms with Crippen molar-refractivity contribution < 1.29 is 9.47 Å². The lowest BCUT2D eigenvalue weighted by molar-refractivity contribution is 0.174. The van der Waals surface area contributed by atoms with E-state index in [1.807, 2.05) is 24.3 Å². The van der Waals surface area contributed by atoms with Gasteiger partial charge in [-0.1, -0.05) is 39.0 Å². The van der Waals surface area contributed by atoms with E-state index in [0.717, 1.165) is 28.6 Å². The Morgan fingerprint density at radius 2 is 1.75 bits per heavy atom. The average molecular weight is 376 g/mol. The summed E-state index contributed by atoms with van der Waals surface area (Å²) in [5.41, 5.74) is 3.47. The third kappa shape index (κ3) is 4.17. The van der Waals surface area contributed by atoms with Gasteiger partial charge >= 0.3 is 0 Å². The number of hydrogen-bond donors (Lipinski definition) is 2. The Bertz CT molecular complexity index is 965. The molecule has 0 aliphatic carbocycles. The van der Waals surface area contributed by atoms with E-state index in [2.05, 4.69) is 65.6 Å². The fourth-order valence-corrected chi connectivity index (χ4v) is 2.94. The van der Waals surface area contributed by atoms with Crippen molar-refractivity contribution in [2.24, 2.45) is 0 Å². The summed E-state index contributed by atoms with van der Waals surface area (Å²) in [5, 5.41) is 6.58. The van der Waals surface area contributed by atoms with Crippen molar-refractivity contribution in [3.05, 3.63) is 65.9 Å². The number of nitrogens with zero attached hydrogens (tertiary/aromatic N) is 2. The third-order valence-corrected chi connectivity index (χ3v) is 4.57. The molecule has 0 atom stereocenters. The summed E-state index contributed by atoms with van der Waals surface area (Å²) in [6.07, 6.45) is 1.74. The molecule has 2 heterocycles. The molecule has 0 unspecified atom stereocenters. The predicted octanol–water partition coefficient (Wildman–Crippen LogP) is 4.86. The smallest absolute Gasteiger partial charge is 0.231 e. The van der Waals surface area contributed by atoms with Crippen molar-refractivity contribution >= 4 is 17.5 Å². The lowest BCUT2D eigenvalue weighted by Gasteiger charge is -2.19. The summed E-state index contributed by atoms with van der Waals surface area (Å²) < 4.78 is 10.8. The maximum Gasteiger partial charge on any atom is 0.231 e. The molecule has 4 rings (SSSR count). The molecule has 0 spiro atoms. The molecule has 2 N–H and O–H groups in total. The minimum atomic E-state index is 0.133. The van der Waals surface area contributed by atoms with Crippen LogP contribution in [0.3, 0.4) is 0 Å². The van der Waals surface area contributed by atoms with E-state index < -0.39 is 0 Å². The van der Waals surface area contributed by atoms with Crippen LogP contribution in [0.15, 0.2) is 54.7 Å². The molecule has 0 amide bonds. The summed E-state index contributed by atoms with van der Waals surface area (Å²) in [6, 6.07) is 16.1. The summed E-state index contributed by atoms with van der Waals surface area (Å²) in [6.45, 7) is 7.52. The standard InChI is InChI=1S/C22H24N4O2/c1-22(2,3)16-5-7-17(8-6-16)25-21-23-11-10-20(26-21)24-13-15-4-9-18-19(12-15)28-14-27-18/h4-12H,13-14H2,1-3H3,(H2,23,24,25,26). The fraction of sp³-hybridized carbons (Fsp3) is 0.273. The molecule has 1 aliphatic heterocycles. The van der Waals surface area contributed by atoms with Crippen LogP contribution in [0, 0.1) is 0 Å². The Balaban J connectivity index is 1.40. The van der Waals surface area contributed by atoms with Crippen molar-refractivity contribution in [1.29, 1.82) is 0 Å². The number of benzene rings is 2.